The van der Waals surface area contributed by atoms with Crippen molar-refractivity contribution in [3.05, 3.63) is 93.0 Å². The number of halogens is 7. The van der Waals surface area contributed by atoms with Crippen molar-refractivity contribution in [2.75, 3.05) is 5.32 Å². The van der Waals surface area contributed by atoms with E-state index in [-0.39, 0.29) is 27.6 Å². The minimum absolute atomic E-state index is 0.0554. The Morgan fingerprint density at radius 3 is 2.28 bits per heavy atom. The van der Waals surface area contributed by atoms with Crippen LogP contribution in [-0.4, -0.2) is 44.8 Å². The summed E-state index contributed by atoms with van der Waals surface area (Å²) in [6.07, 6.45) is -7.30. The number of amides is 1. The van der Waals surface area contributed by atoms with E-state index in [0.29, 0.717) is 17.8 Å². The van der Waals surface area contributed by atoms with Gasteiger partial charge >= 0.3 is 12.1 Å². The first-order valence-corrected chi connectivity index (χ1v) is 13.8. The van der Waals surface area contributed by atoms with Crippen LogP contribution in [0.4, 0.5) is 36.4 Å². The fraction of sp³-hybridized carbons (Fsp3) is 0.290. The highest BCUT2D eigenvalue weighted by molar-refractivity contribution is 5.99. The molecule has 0 unspecified atom stereocenters. The van der Waals surface area contributed by atoms with Crippen molar-refractivity contribution in [2.45, 2.75) is 51.4 Å². The Balaban J connectivity index is 1.69. The number of carboxylic acid groups (broad SMARTS) is 1. The first-order chi connectivity index (χ1) is 21.5. The van der Waals surface area contributed by atoms with Crippen LogP contribution in [0, 0.1) is 18.6 Å². The van der Waals surface area contributed by atoms with Crippen molar-refractivity contribution < 1.29 is 45.4 Å². The van der Waals surface area contributed by atoms with Gasteiger partial charge in [0, 0.05) is 47.6 Å². The van der Waals surface area contributed by atoms with Crippen molar-refractivity contribution in [1.29, 1.82) is 0 Å². The monoisotopic (exact) mass is 652 g/mol. The minimum atomic E-state index is -4.72. The molecule has 2 atom stereocenters. The first kappa shape index (κ1) is 33.9. The van der Waals surface area contributed by atoms with Gasteiger partial charge in [-0.15, -0.1) is 0 Å². The quantitative estimate of drug-likeness (QED) is 0.173. The molecular weight excluding hydrogens is 625 g/mol. The maximum Gasteiger partial charge on any atom is 0.408 e. The number of aromatic nitrogens is 2. The van der Waals surface area contributed by atoms with Gasteiger partial charge in [-0.3, -0.25) is 14.6 Å². The van der Waals surface area contributed by atoms with Crippen LogP contribution in [0.2, 0.25) is 0 Å². The van der Waals surface area contributed by atoms with E-state index in [1.807, 2.05) is 10.6 Å². The second kappa shape index (κ2) is 13.2. The molecule has 1 amide bonds. The summed E-state index contributed by atoms with van der Waals surface area (Å²) in [5.74, 6) is -6.15. The number of hydrogen-bond acceptors (Lipinski definition) is 5. The summed E-state index contributed by atoms with van der Waals surface area (Å²) in [4.78, 5) is 42.4. The van der Waals surface area contributed by atoms with E-state index >= 15 is 0 Å². The molecule has 4 aromatic rings. The number of rotatable bonds is 10. The van der Waals surface area contributed by atoms with Gasteiger partial charge in [-0.2, -0.15) is 13.2 Å². The van der Waals surface area contributed by atoms with E-state index < -0.39 is 83.4 Å². The molecule has 4 rings (SSSR count). The smallest absolute Gasteiger partial charge is 0.408 e. The lowest BCUT2D eigenvalue weighted by Crippen LogP contribution is -2.43. The van der Waals surface area contributed by atoms with Crippen molar-refractivity contribution >= 4 is 28.5 Å². The summed E-state index contributed by atoms with van der Waals surface area (Å²) in [5.41, 5.74) is -2.65. The Hall–Kier alpha value is -4.95. The fourth-order valence-electron chi connectivity index (χ4n) is 5.04. The second-order valence-corrected chi connectivity index (χ2v) is 10.5. The molecule has 244 valence electrons. The summed E-state index contributed by atoms with van der Waals surface area (Å²) in [6.45, 7) is 2.71. The van der Waals surface area contributed by atoms with Crippen molar-refractivity contribution in [3.63, 3.8) is 0 Å². The zero-order valence-corrected chi connectivity index (χ0v) is 24.5. The Kier molecular flexibility index (Phi) is 9.73. The van der Waals surface area contributed by atoms with Crippen LogP contribution in [0.3, 0.4) is 0 Å². The van der Waals surface area contributed by atoms with E-state index in [1.54, 1.807) is 0 Å². The Morgan fingerprint density at radius 2 is 1.72 bits per heavy atom. The Labute approximate surface area is 256 Å². The minimum Gasteiger partial charge on any atom is -0.480 e. The maximum atomic E-state index is 14.8. The van der Waals surface area contributed by atoms with E-state index in [1.165, 1.54) is 62.0 Å². The summed E-state index contributed by atoms with van der Waals surface area (Å²) >= 11 is 0. The van der Waals surface area contributed by atoms with Crippen LogP contribution in [0.15, 0.2) is 53.5 Å². The molecule has 0 fully saturated rings. The average molecular weight is 653 g/mol. The molecule has 15 heteroatoms. The highest BCUT2D eigenvalue weighted by atomic mass is 19.4. The van der Waals surface area contributed by atoms with Gasteiger partial charge in [0.1, 0.15) is 29.3 Å². The van der Waals surface area contributed by atoms with Gasteiger partial charge in [0.15, 0.2) is 0 Å². The van der Waals surface area contributed by atoms with Gasteiger partial charge in [-0.25, -0.2) is 22.4 Å². The topological polar surface area (TPSA) is 113 Å². The lowest BCUT2D eigenvalue weighted by molar-refractivity contribution is -0.143. The third kappa shape index (κ3) is 6.82. The number of benzene rings is 2. The standard InChI is InChI=1S/C31H27F7N4O4/c1-4-23(31(36,37)38)40-16-12-20(32)25(21(33)13-16)28(43)41-22(30(45)46)11-15-7-8-18(26-17(15)6-5-9-39-26)24-19(27(34)35)10-14(2)42(3)29(24)44/h5-10,12-13,22-23,27,40H,4,11H2,1-3H3,(H,41,43)(H,45,46)/t22-,23+/m0/s1. The van der Waals surface area contributed by atoms with Crippen molar-refractivity contribution in [2.24, 2.45) is 7.05 Å². The number of carbonyl (C=O) groups is 2. The highest BCUT2D eigenvalue weighted by Gasteiger charge is 2.38. The average Bonchev–Trinajstić information content (AvgIpc) is 2.97. The fourth-order valence-corrected chi connectivity index (χ4v) is 5.04. The number of nitrogens with one attached hydrogen (secondary N) is 2. The highest BCUT2D eigenvalue weighted by Crippen LogP contribution is 2.34. The summed E-state index contributed by atoms with van der Waals surface area (Å²) in [7, 11) is 1.42. The zero-order valence-electron chi connectivity index (χ0n) is 24.5. The molecule has 0 saturated heterocycles. The van der Waals surface area contributed by atoms with Crippen LogP contribution in [-0.2, 0) is 18.3 Å². The van der Waals surface area contributed by atoms with Gasteiger partial charge in [0.25, 0.3) is 17.9 Å². The van der Waals surface area contributed by atoms with E-state index in [2.05, 4.69) is 4.98 Å². The van der Waals surface area contributed by atoms with Crippen LogP contribution in [0.25, 0.3) is 22.0 Å². The maximum absolute atomic E-state index is 14.8. The molecule has 3 N–H and O–H groups in total. The summed E-state index contributed by atoms with van der Waals surface area (Å²) < 4.78 is 98.2. The third-order valence-corrected chi connectivity index (χ3v) is 7.51. The largest absolute Gasteiger partial charge is 0.480 e. The molecule has 2 aromatic carbocycles. The Bertz CT molecular complexity index is 1850. The number of pyridine rings is 2. The number of aliphatic carboxylic acids is 1. The molecule has 0 spiro atoms. The van der Waals surface area contributed by atoms with Gasteiger partial charge in [0.2, 0.25) is 0 Å². The number of fused-ring (bicyclic) bond motifs is 1. The molecule has 46 heavy (non-hydrogen) atoms. The van der Waals surface area contributed by atoms with Crippen molar-refractivity contribution in [1.82, 2.24) is 14.9 Å². The lowest BCUT2D eigenvalue weighted by atomic mass is 9.93. The van der Waals surface area contributed by atoms with Gasteiger partial charge in [-0.05, 0) is 43.2 Å². The van der Waals surface area contributed by atoms with E-state index in [0.717, 1.165) is 0 Å². The molecule has 8 nitrogen and oxygen atoms in total. The van der Waals surface area contributed by atoms with Crippen LogP contribution < -0.4 is 16.2 Å². The Morgan fingerprint density at radius 1 is 1.07 bits per heavy atom. The third-order valence-electron chi connectivity index (χ3n) is 7.51. The number of carbonyl (C=O) groups excluding carboxylic acids is 1. The van der Waals surface area contributed by atoms with E-state index in [4.69, 9.17) is 0 Å². The second-order valence-electron chi connectivity index (χ2n) is 10.5. The number of nitrogens with zero attached hydrogens (tertiary/aromatic N) is 2. The van der Waals surface area contributed by atoms with Gasteiger partial charge < -0.3 is 20.3 Å². The van der Waals surface area contributed by atoms with Gasteiger partial charge in [-0.1, -0.05) is 25.1 Å². The summed E-state index contributed by atoms with van der Waals surface area (Å²) in [5, 5.41) is 14.1. The zero-order chi connectivity index (χ0) is 34.1. The van der Waals surface area contributed by atoms with Crippen molar-refractivity contribution in [3.8, 4) is 11.1 Å². The molecule has 0 bridgehead atoms. The number of hydrogen-bond donors (Lipinski definition) is 3. The molecule has 0 radical (unpaired) electrons. The predicted octanol–water partition coefficient (Wildman–Crippen LogP) is 6.30. The molecular formula is C31H27F7N4O4. The molecule has 2 aromatic heterocycles. The molecule has 0 aliphatic rings. The van der Waals surface area contributed by atoms with E-state index in [9.17, 15) is 50.2 Å². The van der Waals surface area contributed by atoms with Crippen LogP contribution in [0.1, 0.15) is 46.9 Å². The lowest BCUT2D eigenvalue weighted by Gasteiger charge is -2.22. The SMILES string of the molecule is CC[C@@H](Nc1cc(F)c(C(=O)N[C@@H](Cc2ccc(-c3c(C(F)F)cc(C)n(C)c3=O)c3ncccc23)C(=O)O)c(F)c1)C(F)(F)F. The summed E-state index contributed by atoms with van der Waals surface area (Å²) in [6, 6.07) is 3.92. The number of aryl methyl sites for hydroxylation is 1. The molecule has 0 aliphatic heterocycles. The molecule has 2 heterocycles. The molecule has 0 saturated carbocycles. The normalized spacial score (nSPS) is 13.1. The predicted molar refractivity (Wildman–Crippen MR) is 155 cm³/mol. The number of alkyl halides is 5. The van der Waals surface area contributed by atoms with Crippen LogP contribution in [0.5, 0.6) is 0 Å². The number of carboxylic acids is 1. The van der Waals surface area contributed by atoms with Crippen LogP contribution >= 0.6 is 0 Å². The first-order valence-electron chi connectivity index (χ1n) is 13.8. The number of anilines is 1. The van der Waals surface area contributed by atoms with Gasteiger partial charge in [0.05, 0.1) is 11.1 Å². The molecule has 0 aliphatic carbocycles.